The Hall–Kier alpha value is -3.93. The molecule has 1 unspecified atom stereocenters. The lowest BCUT2D eigenvalue weighted by molar-refractivity contribution is 0.0971. The van der Waals surface area contributed by atoms with Crippen molar-refractivity contribution in [3.05, 3.63) is 106 Å². The molecule has 6 heteroatoms. The maximum atomic E-state index is 13.9. The second-order valence-corrected chi connectivity index (χ2v) is 8.00. The van der Waals surface area contributed by atoms with Gasteiger partial charge >= 0.3 is 0 Å². The van der Waals surface area contributed by atoms with Gasteiger partial charge in [0.1, 0.15) is 17.1 Å². The minimum Gasteiger partial charge on any atom is -0.494 e. The van der Waals surface area contributed by atoms with Crippen LogP contribution in [0.1, 0.15) is 47.5 Å². The lowest BCUT2D eigenvalue weighted by atomic mass is 9.98. The van der Waals surface area contributed by atoms with Crippen LogP contribution in [0.25, 0.3) is 11.0 Å². The third kappa shape index (κ3) is 3.67. The first kappa shape index (κ1) is 20.9. The average molecular weight is 443 g/mol. The van der Waals surface area contributed by atoms with Gasteiger partial charge in [-0.3, -0.25) is 14.5 Å². The number of para-hydroxylation sites is 1. The average Bonchev–Trinajstić information content (AvgIpc) is 3.13. The van der Waals surface area contributed by atoms with Crippen molar-refractivity contribution in [3.8, 4) is 5.75 Å². The number of fused-ring (bicyclic) bond motifs is 2. The normalized spacial score (nSPS) is 15.2. The highest BCUT2D eigenvalue weighted by Gasteiger charge is 2.43. The van der Waals surface area contributed by atoms with E-state index < -0.39 is 23.2 Å². The summed E-state index contributed by atoms with van der Waals surface area (Å²) in [6, 6.07) is 19.5. The lowest BCUT2D eigenvalue weighted by Crippen LogP contribution is -2.29. The number of hydrogen-bond acceptors (Lipinski definition) is 4. The van der Waals surface area contributed by atoms with Gasteiger partial charge in [0.05, 0.1) is 23.6 Å². The summed E-state index contributed by atoms with van der Waals surface area (Å²) in [7, 11) is 0. The van der Waals surface area contributed by atoms with Crippen molar-refractivity contribution in [1.29, 1.82) is 0 Å². The van der Waals surface area contributed by atoms with E-state index in [0.29, 0.717) is 12.3 Å². The Bertz CT molecular complexity index is 1380. The van der Waals surface area contributed by atoms with Crippen molar-refractivity contribution < 1.29 is 18.3 Å². The summed E-state index contributed by atoms with van der Waals surface area (Å²) < 4.78 is 25.5. The van der Waals surface area contributed by atoms with Crippen LogP contribution in [0.15, 0.2) is 82.0 Å². The molecule has 5 nitrogen and oxygen atoms in total. The lowest BCUT2D eigenvalue weighted by Gasteiger charge is -2.25. The Morgan fingerprint density at radius 1 is 1.00 bits per heavy atom. The fourth-order valence-corrected chi connectivity index (χ4v) is 4.20. The zero-order valence-corrected chi connectivity index (χ0v) is 18.1. The molecule has 4 aromatic rings. The second kappa shape index (κ2) is 8.54. The van der Waals surface area contributed by atoms with E-state index >= 15 is 0 Å². The summed E-state index contributed by atoms with van der Waals surface area (Å²) in [6.45, 7) is 2.72. The highest BCUT2D eigenvalue weighted by molar-refractivity contribution is 6.10. The van der Waals surface area contributed by atoms with E-state index in [-0.39, 0.29) is 22.3 Å². The first-order chi connectivity index (χ1) is 16.1. The van der Waals surface area contributed by atoms with E-state index in [1.54, 1.807) is 4.90 Å². The Balaban J connectivity index is 1.67. The van der Waals surface area contributed by atoms with E-state index in [0.717, 1.165) is 30.2 Å². The zero-order valence-electron chi connectivity index (χ0n) is 18.1. The molecule has 0 spiro atoms. The van der Waals surface area contributed by atoms with Gasteiger partial charge in [-0.15, -0.1) is 0 Å². The number of amides is 1. The van der Waals surface area contributed by atoms with Gasteiger partial charge in [0.2, 0.25) is 5.76 Å². The third-order valence-corrected chi connectivity index (χ3v) is 5.83. The van der Waals surface area contributed by atoms with E-state index in [1.807, 2.05) is 54.6 Å². The standard InChI is InChI=1S/C27H22FNO4/c1-2-3-15-32-20-12-9-17(10-13-20)24-23-25(30)21-16-18(28)11-14-22(21)33-26(23)27(31)29(24)19-7-5-4-6-8-19/h4-14,16,24H,2-3,15H2,1H3. The Labute approximate surface area is 190 Å². The van der Waals surface area contributed by atoms with Crippen molar-refractivity contribution in [2.75, 3.05) is 11.5 Å². The molecular weight excluding hydrogens is 421 g/mol. The van der Waals surface area contributed by atoms with Crippen LogP contribution in [0.5, 0.6) is 5.75 Å². The van der Waals surface area contributed by atoms with Crippen molar-refractivity contribution in [1.82, 2.24) is 0 Å². The molecule has 0 radical (unpaired) electrons. The van der Waals surface area contributed by atoms with Crippen LogP contribution in [0.2, 0.25) is 0 Å². The van der Waals surface area contributed by atoms with Gasteiger partial charge < -0.3 is 9.15 Å². The molecule has 0 saturated carbocycles. The van der Waals surface area contributed by atoms with Crippen LogP contribution < -0.4 is 15.1 Å². The SMILES string of the molecule is CCCCOc1ccc(C2c3c(oc4ccc(F)cc4c3=O)C(=O)N2c2ccccc2)cc1. The molecule has 5 rings (SSSR count). The molecule has 0 saturated heterocycles. The van der Waals surface area contributed by atoms with Crippen LogP contribution in [0.4, 0.5) is 10.1 Å². The van der Waals surface area contributed by atoms with Crippen LogP contribution in [-0.4, -0.2) is 12.5 Å². The number of anilines is 1. The molecule has 166 valence electrons. The number of hydrogen-bond donors (Lipinski definition) is 0. The number of ether oxygens (including phenoxy) is 1. The molecule has 1 aromatic heterocycles. The summed E-state index contributed by atoms with van der Waals surface area (Å²) in [4.78, 5) is 28.5. The molecule has 33 heavy (non-hydrogen) atoms. The molecule has 3 aromatic carbocycles. The number of carbonyl (C=O) groups excluding carboxylic acids is 1. The number of benzene rings is 3. The van der Waals surface area contributed by atoms with E-state index in [2.05, 4.69) is 6.92 Å². The summed E-state index contributed by atoms with van der Waals surface area (Å²) in [5.74, 6) is -0.247. The van der Waals surface area contributed by atoms with Crippen molar-refractivity contribution >= 4 is 22.6 Å². The maximum Gasteiger partial charge on any atom is 0.295 e. The maximum absolute atomic E-state index is 13.9. The molecule has 2 heterocycles. The molecular formula is C27H22FNO4. The molecule has 1 aliphatic heterocycles. The zero-order chi connectivity index (χ0) is 22.9. The third-order valence-electron chi connectivity index (χ3n) is 5.83. The summed E-state index contributed by atoms with van der Waals surface area (Å²) >= 11 is 0. The fraction of sp³-hybridized carbons (Fsp3) is 0.185. The number of rotatable bonds is 6. The van der Waals surface area contributed by atoms with E-state index in [1.165, 1.54) is 12.1 Å². The van der Waals surface area contributed by atoms with Gasteiger partial charge in [0, 0.05) is 5.69 Å². The van der Waals surface area contributed by atoms with Gasteiger partial charge in [-0.1, -0.05) is 43.7 Å². The Kier molecular flexibility index (Phi) is 5.42. The summed E-state index contributed by atoms with van der Waals surface area (Å²) in [5, 5.41) is 0.112. The highest BCUT2D eigenvalue weighted by atomic mass is 19.1. The van der Waals surface area contributed by atoms with Crippen molar-refractivity contribution in [2.45, 2.75) is 25.8 Å². The first-order valence-electron chi connectivity index (χ1n) is 11.0. The van der Waals surface area contributed by atoms with Gasteiger partial charge in [-0.2, -0.15) is 0 Å². The quantitative estimate of drug-likeness (QED) is 0.350. The van der Waals surface area contributed by atoms with Crippen molar-refractivity contribution in [2.24, 2.45) is 0 Å². The summed E-state index contributed by atoms with van der Waals surface area (Å²) in [5.41, 5.74) is 1.35. The molecule has 0 aliphatic carbocycles. The van der Waals surface area contributed by atoms with Gasteiger partial charge in [0.15, 0.2) is 5.43 Å². The molecule has 1 atom stereocenters. The van der Waals surface area contributed by atoms with Crippen molar-refractivity contribution in [3.63, 3.8) is 0 Å². The second-order valence-electron chi connectivity index (χ2n) is 8.00. The molecule has 0 fully saturated rings. The van der Waals surface area contributed by atoms with E-state index in [9.17, 15) is 14.0 Å². The van der Waals surface area contributed by atoms with Crippen LogP contribution in [0, 0.1) is 5.82 Å². The number of unbranched alkanes of at least 4 members (excludes halogenated alkanes) is 1. The number of carbonyl (C=O) groups is 1. The Morgan fingerprint density at radius 2 is 1.76 bits per heavy atom. The minimum absolute atomic E-state index is 0.0174. The van der Waals surface area contributed by atoms with Crippen LogP contribution >= 0.6 is 0 Å². The number of halogens is 1. The Morgan fingerprint density at radius 3 is 2.48 bits per heavy atom. The predicted octanol–water partition coefficient (Wildman–Crippen LogP) is 5.86. The first-order valence-corrected chi connectivity index (χ1v) is 11.0. The van der Waals surface area contributed by atoms with Crippen LogP contribution in [-0.2, 0) is 0 Å². The van der Waals surface area contributed by atoms with Gasteiger partial charge in [-0.05, 0) is 54.4 Å². The van der Waals surface area contributed by atoms with Gasteiger partial charge in [0.25, 0.3) is 5.91 Å². The molecule has 1 aliphatic rings. The van der Waals surface area contributed by atoms with E-state index in [4.69, 9.17) is 9.15 Å². The largest absolute Gasteiger partial charge is 0.494 e. The number of nitrogens with zero attached hydrogens (tertiary/aromatic N) is 1. The predicted molar refractivity (Wildman–Crippen MR) is 124 cm³/mol. The topological polar surface area (TPSA) is 59.8 Å². The van der Waals surface area contributed by atoms with Crippen LogP contribution in [0.3, 0.4) is 0 Å². The highest BCUT2D eigenvalue weighted by Crippen LogP contribution is 2.41. The molecule has 1 amide bonds. The monoisotopic (exact) mass is 443 g/mol. The summed E-state index contributed by atoms with van der Waals surface area (Å²) in [6.07, 6.45) is 1.99. The van der Waals surface area contributed by atoms with Gasteiger partial charge in [-0.25, -0.2) is 4.39 Å². The minimum atomic E-state index is -0.705. The smallest absolute Gasteiger partial charge is 0.295 e. The fourth-order valence-electron chi connectivity index (χ4n) is 4.20. The molecule has 0 bridgehead atoms. The molecule has 0 N–H and O–H groups in total.